The van der Waals surface area contributed by atoms with E-state index in [2.05, 4.69) is 4.72 Å². The summed E-state index contributed by atoms with van der Waals surface area (Å²) in [7, 11) is -5.30. The van der Waals surface area contributed by atoms with Gasteiger partial charge in [-0.1, -0.05) is 13.0 Å². The standard InChI is InChI=1S/C18H20N2O7S2/c1-12-11-28(22,23)20(18(12)21)14-7-8-16(27-3)17(10-14)29(24,25)19-13-5-4-6-15(9-13)26-2/h4-10,12,19H,11H2,1-3H3/t12-/m0/s1. The number of nitrogens with one attached hydrogen (secondary N) is 1. The SMILES string of the molecule is COc1cccc(NS(=O)(=O)c2cc(N3C(=O)[C@@H](C)CS3(=O)=O)ccc2OC)c1. The van der Waals surface area contributed by atoms with Crippen LogP contribution in [0.15, 0.2) is 47.4 Å². The van der Waals surface area contributed by atoms with Crippen LogP contribution in [0.2, 0.25) is 0 Å². The van der Waals surface area contributed by atoms with Crippen molar-refractivity contribution >= 4 is 37.3 Å². The molecule has 2 aromatic carbocycles. The Morgan fingerprint density at radius 3 is 2.41 bits per heavy atom. The van der Waals surface area contributed by atoms with E-state index in [-0.39, 0.29) is 27.8 Å². The normalized spacial score (nSPS) is 18.5. The van der Waals surface area contributed by atoms with E-state index in [1.807, 2.05) is 0 Å². The van der Waals surface area contributed by atoms with Gasteiger partial charge in [-0.3, -0.25) is 9.52 Å². The Kier molecular flexibility index (Phi) is 5.46. The molecule has 1 amide bonds. The number of hydrogen-bond donors (Lipinski definition) is 1. The van der Waals surface area contributed by atoms with Gasteiger partial charge in [-0.05, 0) is 30.3 Å². The quantitative estimate of drug-likeness (QED) is 0.728. The Morgan fingerprint density at radius 1 is 1.10 bits per heavy atom. The maximum atomic E-state index is 13.0. The molecule has 1 saturated heterocycles. The summed E-state index contributed by atoms with van der Waals surface area (Å²) in [5.41, 5.74) is 0.182. The molecule has 3 rings (SSSR count). The highest BCUT2D eigenvalue weighted by Gasteiger charge is 2.42. The minimum atomic E-state index is -4.16. The number of anilines is 2. The molecule has 0 aliphatic carbocycles. The van der Waals surface area contributed by atoms with E-state index in [1.165, 1.54) is 45.4 Å². The highest BCUT2D eigenvalue weighted by Crippen LogP contribution is 2.34. The Balaban J connectivity index is 2.06. The molecule has 0 saturated carbocycles. The van der Waals surface area contributed by atoms with E-state index < -0.39 is 31.9 Å². The minimum absolute atomic E-state index is 0.00115. The molecule has 11 heteroatoms. The first-order valence-corrected chi connectivity index (χ1v) is 11.6. The van der Waals surface area contributed by atoms with Gasteiger partial charge in [0.15, 0.2) is 0 Å². The van der Waals surface area contributed by atoms with Crippen molar-refractivity contribution in [2.45, 2.75) is 11.8 Å². The fourth-order valence-electron chi connectivity index (χ4n) is 2.99. The van der Waals surface area contributed by atoms with E-state index >= 15 is 0 Å². The topological polar surface area (TPSA) is 119 Å². The number of methoxy groups -OCH3 is 2. The third-order valence-corrected chi connectivity index (χ3v) is 7.62. The predicted octanol–water partition coefficient (Wildman–Crippen LogP) is 1.82. The van der Waals surface area contributed by atoms with Gasteiger partial charge in [0.1, 0.15) is 16.4 Å². The number of carbonyl (C=O) groups is 1. The zero-order chi connectivity index (χ0) is 21.4. The monoisotopic (exact) mass is 440 g/mol. The Bertz CT molecular complexity index is 1160. The summed E-state index contributed by atoms with van der Waals surface area (Å²) in [6, 6.07) is 10.0. The van der Waals surface area contributed by atoms with Crippen molar-refractivity contribution in [1.82, 2.24) is 0 Å². The molecule has 156 valence electrons. The number of hydrogen-bond acceptors (Lipinski definition) is 7. The number of ether oxygens (including phenoxy) is 2. The lowest BCUT2D eigenvalue weighted by Gasteiger charge is -2.18. The fraction of sp³-hybridized carbons (Fsp3) is 0.278. The predicted molar refractivity (Wildman–Crippen MR) is 107 cm³/mol. The molecule has 2 aromatic rings. The molecule has 1 heterocycles. The van der Waals surface area contributed by atoms with Crippen LogP contribution in [0.25, 0.3) is 0 Å². The van der Waals surface area contributed by atoms with Crippen LogP contribution in [-0.4, -0.2) is 42.7 Å². The summed E-state index contributed by atoms with van der Waals surface area (Å²) < 4.78 is 63.9. The van der Waals surface area contributed by atoms with Crippen molar-refractivity contribution in [2.24, 2.45) is 5.92 Å². The van der Waals surface area contributed by atoms with Gasteiger partial charge >= 0.3 is 0 Å². The van der Waals surface area contributed by atoms with Crippen LogP contribution in [0, 0.1) is 5.92 Å². The molecule has 29 heavy (non-hydrogen) atoms. The Labute approximate surface area is 169 Å². The van der Waals surface area contributed by atoms with Gasteiger partial charge < -0.3 is 9.47 Å². The highest BCUT2D eigenvalue weighted by atomic mass is 32.2. The van der Waals surface area contributed by atoms with Crippen molar-refractivity contribution < 1.29 is 31.1 Å². The third kappa shape index (κ3) is 4.01. The molecule has 9 nitrogen and oxygen atoms in total. The lowest BCUT2D eigenvalue weighted by molar-refractivity contribution is -0.119. The van der Waals surface area contributed by atoms with Gasteiger partial charge in [0.05, 0.1) is 37.3 Å². The van der Waals surface area contributed by atoms with Gasteiger partial charge in [-0.2, -0.15) is 0 Å². The van der Waals surface area contributed by atoms with Crippen molar-refractivity contribution in [3.8, 4) is 11.5 Å². The molecule has 0 radical (unpaired) electrons. The number of amides is 1. The molecule has 1 atom stereocenters. The first-order chi connectivity index (χ1) is 13.6. The number of rotatable bonds is 6. The first kappa shape index (κ1) is 20.9. The summed E-state index contributed by atoms with van der Waals surface area (Å²) in [6.07, 6.45) is 0. The average Bonchev–Trinajstić information content (AvgIpc) is 2.87. The summed E-state index contributed by atoms with van der Waals surface area (Å²) >= 11 is 0. The van der Waals surface area contributed by atoms with Crippen LogP contribution in [0.5, 0.6) is 11.5 Å². The second-order valence-corrected chi connectivity index (χ2v) is 9.97. The average molecular weight is 440 g/mol. The lowest BCUT2D eigenvalue weighted by atomic mass is 10.2. The summed E-state index contributed by atoms with van der Waals surface area (Å²) in [5.74, 6) is -1.20. The van der Waals surface area contributed by atoms with E-state index in [1.54, 1.807) is 12.1 Å². The molecule has 0 bridgehead atoms. The third-order valence-electron chi connectivity index (χ3n) is 4.35. The lowest BCUT2D eigenvalue weighted by Crippen LogP contribution is -2.30. The number of sulfonamides is 2. The van der Waals surface area contributed by atoms with Crippen molar-refractivity contribution in [1.29, 1.82) is 0 Å². The molecule has 0 aromatic heterocycles. The highest BCUT2D eigenvalue weighted by molar-refractivity contribution is 7.94. The molecule has 1 aliphatic rings. The number of nitrogens with zero attached hydrogens (tertiary/aromatic N) is 1. The second kappa shape index (κ2) is 7.56. The van der Waals surface area contributed by atoms with Crippen molar-refractivity contribution in [3.63, 3.8) is 0 Å². The molecule has 0 spiro atoms. The number of carbonyl (C=O) groups excluding carboxylic acids is 1. The van der Waals surface area contributed by atoms with Crippen LogP contribution in [0.3, 0.4) is 0 Å². The van der Waals surface area contributed by atoms with Gasteiger partial charge in [0.25, 0.3) is 10.0 Å². The first-order valence-electron chi connectivity index (χ1n) is 8.51. The fourth-order valence-corrected chi connectivity index (χ4v) is 6.04. The van der Waals surface area contributed by atoms with Gasteiger partial charge in [0.2, 0.25) is 15.9 Å². The van der Waals surface area contributed by atoms with Crippen LogP contribution < -0.4 is 18.5 Å². The molecule has 1 aliphatic heterocycles. The number of benzene rings is 2. The maximum Gasteiger partial charge on any atom is 0.265 e. The molecule has 1 N–H and O–H groups in total. The zero-order valence-electron chi connectivity index (χ0n) is 15.9. The Morgan fingerprint density at radius 2 is 1.83 bits per heavy atom. The van der Waals surface area contributed by atoms with Crippen LogP contribution in [-0.2, 0) is 24.8 Å². The molecular formula is C18H20N2O7S2. The van der Waals surface area contributed by atoms with E-state index in [0.717, 1.165) is 6.07 Å². The zero-order valence-corrected chi connectivity index (χ0v) is 17.6. The van der Waals surface area contributed by atoms with Crippen LogP contribution >= 0.6 is 0 Å². The largest absolute Gasteiger partial charge is 0.497 e. The van der Waals surface area contributed by atoms with Gasteiger partial charge in [-0.25, -0.2) is 21.1 Å². The van der Waals surface area contributed by atoms with E-state index in [4.69, 9.17) is 9.47 Å². The summed E-state index contributed by atoms with van der Waals surface area (Å²) in [6.45, 7) is 1.51. The van der Waals surface area contributed by atoms with E-state index in [0.29, 0.717) is 10.1 Å². The van der Waals surface area contributed by atoms with Crippen molar-refractivity contribution in [3.05, 3.63) is 42.5 Å². The van der Waals surface area contributed by atoms with Crippen molar-refractivity contribution in [2.75, 3.05) is 29.0 Å². The van der Waals surface area contributed by atoms with Gasteiger partial charge in [-0.15, -0.1) is 0 Å². The van der Waals surface area contributed by atoms with E-state index in [9.17, 15) is 21.6 Å². The maximum absolute atomic E-state index is 13.0. The summed E-state index contributed by atoms with van der Waals surface area (Å²) in [5, 5.41) is 0. The second-order valence-electron chi connectivity index (χ2n) is 6.45. The summed E-state index contributed by atoms with van der Waals surface area (Å²) in [4.78, 5) is 12.0. The van der Waals surface area contributed by atoms with Crippen LogP contribution in [0.1, 0.15) is 6.92 Å². The smallest absolute Gasteiger partial charge is 0.265 e. The Hall–Kier alpha value is -2.79. The molecular weight excluding hydrogens is 420 g/mol. The molecule has 0 unspecified atom stereocenters. The van der Waals surface area contributed by atoms with Gasteiger partial charge in [0, 0.05) is 6.07 Å². The molecule has 1 fully saturated rings. The van der Waals surface area contributed by atoms with Crippen LogP contribution in [0.4, 0.5) is 11.4 Å². The minimum Gasteiger partial charge on any atom is -0.497 e.